The number of aryl methyl sites for hydroxylation is 1. The van der Waals surface area contributed by atoms with Crippen molar-refractivity contribution in [3.05, 3.63) is 29.8 Å². The van der Waals surface area contributed by atoms with E-state index in [0.717, 1.165) is 0 Å². The predicted molar refractivity (Wildman–Crippen MR) is 46.6 cm³/mol. The molecule has 0 aromatic heterocycles. The highest BCUT2D eigenvalue weighted by Gasteiger charge is 1.93. The molecule has 0 N–H and O–H groups in total. The van der Waals surface area contributed by atoms with Gasteiger partial charge in [0.1, 0.15) is 0 Å². The molecule has 2 heteroatoms. The molecule has 0 saturated carbocycles. The molecule has 0 aliphatic carbocycles. The molecule has 1 aromatic rings. The summed E-state index contributed by atoms with van der Waals surface area (Å²) in [4.78, 5) is 1.18. The van der Waals surface area contributed by atoms with E-state index in [1.54, 1.807) is 0 Å². The lowest BCUT2D eigenvalue weighted by molar-refractivity contribution is 1.30. The molecule has 1 rings (SSSR count). The number of hydrogen-bond acceptors (Lipinski definition) is 2. The Hall–Kier alpha value is -0.760. The maximum absolute atomic E-state index is 3.73. The van der Waals surface area contributed by atoms with Crippen LogP contribution in [-0.4, -0.2) is 6.72 Å². The van der Waals surface area contributed by atoms with Crippen molar-refractivity contribution in [2.45, 2.75) is 11.8 Å². The molecule has 0 unspecified atom stereocenters. The van der Waals surface area contributed by atoms with Gasteiger partial charge in [-0.15, -0.1) is 0 Å². The molecular formula is C8H9NS. The third-order valence-corrected chi connectivity index (χ3v) is 2.04. The second-order valence-electron chi connectivity index (χ2n) is 1.99. The largest absolute Gasteiger partial charge is 0.227 e. The molecular weight excluding hydrogens is 142 g/mol. The zero-order chi connectivity index (χ0) is 7.40. The van der Waals surface area contributed by atoms with Gasteiger partial charge in [0.25, 0.3) is 0 Å². The van der Waals surface area contributed by atoms with Crippen LogP contribution in [0.5, 0.6) is 0 Å². The van der Waals surface area contributed by atoms with Gasteiger partial charge in [-0.2, -0.15) is 0 Å². The summed E-state index contributed by atoms with van der Waals surface area (Å²) in [5.41, 5.74) is 1.25. The van der Waals surface area contributed by atoms with Gasteiger partial charge in [0.05, 0.1) is 0 Å². The molecule has 10 heavy (non-hydrogen) atoms. The number of hydrogen-bond donors (Lipinski definition) is 0. The fourth-order valence-electron chi connectivity index (χ4n) is 0.728. The predicted octanol–water partition coefficient (Wildman–Crippen LogP) is 2.70. The third kappa shape index (κ3) is 1.61. The first-order valence-corrected chi connectivity index (χ1v) is 3.80. The Morgan fingerprint density at radius 3 is 2.70 bits per heavy atom. The Morgan fingerprint density at radius 1 is 1.40 bits per heavy atom. The normalized spacial score (nSPS) is 9.30. The minimum absolute atomic E-state index is 1.18. The average molecular weight is 151 g/mol. The average Bonchev–Trinajstić information content (AvgIpc) is 1.94. The summed E-state index contributed by atoms with van der Waals surface area (Å²) in [5, 5.41) is 0. The van der Waals surface area contributed by atoms with Gasteiger partial charge < -0.3 is 0 Å². The van der Waals surface area contributed by atoms with E-state index in [1.807, 2.05) is 18.2 Å². The first kappa shape index (κ1) is 7.35. The Labute approximate surface area is 65.3 Å². The van der Waals surface area contributed by atoms with E-state index < -0.39 is 0 Å². The monoisotopic (exact) mass is 151 g/mol. The Balaban J connectivity index is 2.91. The van der Waals surface area contributed by atoms with Gasteiger partial charge in [-0.05, 0) is 25.3 Å². The highest BCUT2D eigenvalue weighted by atomic mass is 32.2. The van der Waals surface area contributed by atoms with Gasteiger partial charge >= 0.3 is 0 Å². The topological polar surface area (TPSA) is 12.4 Å². The summed E-state index contributed by atoms with van der Waals surface area (Å²) < 4.78 is 3.73. The Morgan fingerprint density at radius 2 is 2.10 bits per heavy atom. The molecule has 1 nitrogen and oxygen atoms in total. The minimum atomic E-state index is 1.18. The summed E-state index contributed by atoms with van der Waals surface area (Å²) in [6, 6.07) is 8.12. The fraction of sp³-hybridized carbons (Fsp3) is 0.125. The molecule has 0 spiro atoms. The van der Waals surface area contributed by atoms with Crippen LogP contribution in [0.2, 0.25) is 0 Å². The lowest BCUT2D eigenvalue weighted by Crippen LogP contribution is -1.74. The zero-order valence-electron chi connectivity index (χ0n) is 5.87. The van der Waals surface area contributed by atoms with Crippen molar-refractivity contribution in [2.75, 3.05) is 0 Å². The molecule has 0 heterocycles. The summed E-state index contributed by atoms with van der Waals surface area (Å²) in [6.45, 7) is 5.47. The summed E-state index contributed by atoms with van der Waals surface area (Å²) in [5.74, 6) is 0. The van der Waals surface area contributed by atoms with Crippen LogP contribution in [0.3, 0.4) is 0 Å². The van der Waals surface area contributed by atoms with Crippen molar-refractivity contribution in [3.63, 3.8) is 0 Å². The van der Waals surface area contributed by atoms with E-state index in [2.05, 4.69) is 24.1 Å². The van der Waals surface area contributed by atoms with E-state index in [-0.39, 0.29) is 0 Å². The third-order valence-electron chi connectivity index (χ3n) is 1.26. The molecule has 0 atom stereocenters. The first-order chi connectivity index (χ1) is 4.84. The number of rotatable bonds is 2. The molecule has 0 radical (unpaired) electrons. The van der Waals surface area contributed by atoms with Crippen molar-refractivity contribution in [2.24, 2.45) is 4.40 Å². The van der Waals surface area contributed by atoms with E-state index in [4.69, 9.17) is 0 Å². The first-order valence-electron chi connectivity index (χ1n) is 3.03. The van der Waals surface area contributed by atoms with Crippen LogP contribution in [0, 0.1) is 6.92 Å². The van der Waals surface area contributed by atoms with E-state index >= 15 is 0 Å². The van der Waals surface area contributed by atoms with Crippen LogP contribution < -0.4 is 0 Å². The van der Waals surface area contributed by atoms with Crippen LogP contribution in [0.15, 0.2) is 33.6 Å². The molecule has 0 fully saturated rings. The second kappa shape index (κ2) is 3.42. The maximum atomic E-state index is 3.73. The smallest absolute Gasteiger partial charge is 0.0334 e. The maximum Gasteiger partial charge on any atom is 0.0334 e. The quantitative estimate of drug-likeness (QED) is 0.467. The van der Waals surface area contributed by atoms with Gasteiger partial charge in [0.15, 0.2) is 0 Å². The van der Waals surface area contributed by atoms with Crippen molar-refractivity contribution >= 4 is 18.7 Å². The molecule has 0 aliphatic rings. The fourth-order valence-corrected chi connectivity index (χ4v) is 1.22. The molecule has 0 aliphatic heterocycles. The highest BCUT2D eigenvalue weighted by molar-refractivity contribution is 7.98. The SMILES string of the molecule is C=NSc1ccccc1C. The Bertz CT molecular complexity index is 232. The van der Waals surface area contributed by atoms with Crippen LogP contribution in [-0.2, 0) is 0 Å². The number of nitrogens with zero attached hydrogens (tertiary/aromatic N) is 1. The van der Waals surface area contributed by atoms with Crippen LogP contribution in [0.25, 0.3) is 0 Å². The molecule has 1 aromatic carbocycles. The van der Waals surface area contributed by atoms with Crippen molar-refractivity contribution in [1.29, 1.82) is 0 Å². The second-order valence-corrected chi connectivity index (χ2v) is 2.87. The van der Waals surface area contributed by atoms with Gasteiger partial charge in [-0.3, -0.25) is 0 Å². The lowest BCUT2D eigenvalue weighted by atomic mass is 10.2. The van der Waals surface area contributed by atoms with E-state index in [0.29, 0.717) is 0 Å². The van der Waals surface area contributed by atoms with Crippen LogP contribution in [0.1, 0.15) is 5.56 Å². The van der Waals surface area contributed by atoms with Gasteiger partial charge in [0, 0.05) is 16.8 Å². The summed E-state index contributed by atoms with van der Waals surface area (Å²) in [7, 11) is 0. The summed E-state index contributed by atoms with van der Waals surface area (Å²) >= 11 is 1.42. The standard InChI is InChI=1S/C8H9NS/c1-7-5-3-4-6-8(7)10-9-2/h3-6H,2H2,1H3. The minimum Gasteiger partial charge on any atom is -0.227 e. The number of benzene rings is 1. The summed E-state index contributed by atoms with van der Waals surface area (Å²) in [6.07, 6.45) is 0. The molecule has 52 valence electrons. The lowest BCUT2D eigenvalue weighted by Gasteiger charge is -1.97. The van der Waals surface area contributed by atoms with Crippen LogP contribution in [0.4, 0.5) is 0 Å². The molecule has 0 amide bonds. The molecule has 0 bridgehead atoms. The molecule has 0 saturated heterocycles. The Kier molecular flexibility index (Phi) is 2.51. The van der Waals surface area contributed by atoms with Gasteiger partial charge in [-0.25, -0.2) is 4.40 Å². The van der Waals surface area contributed by atoms with Crippen LogP contribution >= 0.6 is 11.9 Å². The van der Waals surface area contributed by atoms with Crippen molar-refractivity contribution in [3.8, 4) is 0 Å². The van der Waals surface area contributed by atoms with Gasteiger partial charge in [0.2, 0.25) is 0 Å². The zero-order valence-corrected chi connectivity index (χ0v) is 6.69. The van der Waals surface area contributed by atoms with Gasteiger partial charge in [-0.1, -0.05) is 18.2 Å². The van der Waals surface area contributed by atoms with Crippen molar-refractivity contribution < 1.29 is 0 Å². The van der Waals surface area contributed by atoms with Crippen molar-refractivity contribution in [1.82, 2.24) is 0 Å². The van der Waals surface area contributed by atoms with E-state index in [9.17, 15) is 0 Å². The van der Waals surface area contributed by atoms with E-state index in [1.165, 1.54) is 22.4 Å². The highest BCUT2D eigenvalue weighted by Crippen LogP contribution is 2.21.